The number of primary amides is 1. The third-order valence-corrected chi connectivity index (χ3v) is 6.52. The molecular formula is C23H28F4N6O3. The lowest BCUT2D eigenvalue weighted by molar-refractivity contribution is -0.137. The van der Waals surface area contributed by atoms with Crippen molar-refractivity contribution in [1.82, 2.24) is 14.9 Å². The van der Waals surface area contributed by atoms with E-state index in [9.17, 15) is 28.2 Å². The highest BCUT2D eigenvalue weighted by Gasteiger charge is 2.41. The number of likely N-dealkylation sites (tertiary alicyclic amines) is 1. The molecule has 0 bridgehead atoms. The molecule has 13 heteroatoms. The Hall–Kier alpha value is -3.03. The maximum Gasteiger partial charge on any atom is 0.416 e. The van der Waals surface area contributed by atoms with Crippen LogP contribution in [0.5, 0.6) is 0 Å². The molecule has 5 N–H and O–H groups in total. The highest BCUT2D eigenvalue weighted by atomic mass is 19.4. The first-order chi connectivity index (χ1) is 17.0. The fourth-order valence-electron chi connectivity index (χ4n) is 4.27. The predicted molar refractivity (Wildman–Crippen MR) is 122 cm³/mol. The Labute approximate surface area is 204 Å². The van der Waals surface area contributed by atoms with Gasteiger partial charge in [-0.15, -0.1) is 0 Å². The number of hydrogen-bond acceptors (Lipinski definition) is 8. The Morgan fingerprint density at radius 1 is 1.25 bits per heavy atom. The van der Waals surface area contributed by atoms with Gasteiger partial charge in [0.05, 0.1) is 18.2 Å². The number of anilines is 2. The van der Waals surface area contributed by atoms with Gasteiger partial charge in [0.2, 0.25) is 11.7 Å². The molecule has 36 heavy (non-hydrogen) atoms. The van der Waals surface area contributed by atoms with Crippen LogP contribution in [-0.2, 0) is 17.5 Å². The Balaban J connectivity index is 1.45. The zero-order valence-corrected chi connectivity index (χ0v) is 19.4. The number of piperidine rings is 1. The van der Waals surface area contributed by atoms with Crippen LogP contribution in [0, 0.1) is 5.82 Å². The van der Waals surface area contributed by atoms with Crippen LogP contribution in [0.1, 0.15) is 30.4 Å². The molecule has 1 aliphatic carbocycles. The number of aromatic nitrogens is 2. The van der Waals surface area contributed by atoms with E-state index in [0.717, 1.165) is 25.0 Å². The molecule has 196 valence electrons. The summed E-state index contributed by atoms with van der Waals surface area (Å²) in [6, 6.07) is 4.69. The van der Waals surface area contributed by atoms with Crippen molar-refractivity contribution in [3.63, 3.8) is 0 Å². The van der Waals surface area contributed by atoms with E-state index < -0.39 is 35.2 Å². The smallest absolute Gasteiger partial charge is 0.389 e. The molecule has 1 aromatic heterocycles. The fourth-order valence-corrected chi connectivity index (χ4v) is 4.27. The summed E-state index contributed by atoms with van der Waals surface area (Å²) in [6.45, 7) is 0.267. The summed E-state index contributed by atoms with van der Waals surface area (Å²) in [7, 11) is 0. The van der Waals surface area contributed by atoms with E-state index in [-0.39, 0.29) is 50.3 Å². The van der Waals surface area contributed by atoms with E-state index in [1.165, 1.54) is 18.5 Å². The largest absolute Gasteiger partial charge is 0.416 e. The van der Waals surface area contributed by atoms with Gasteiger partial charge >= 0.3 is 6.18 Å². The summed E-state index contributed by atoms with van der Waals surface area (Å²) in [5.74, 6) is -1.48. The first-order valence-electron chi connectivity index (χ1n) is 11.5. The van der Waals surface area contributed by atoms with Crippen LogP contribution in [0.15, 0.2) is 30.6 Å². The summed E-state index contributed by atoms with van der Waals surface area (Å²) < 4.78 is 54.0. The molecule has 9 nitrogen and oxygen atoms in total. The van der Waals surface area contributed by atoms with Gasteiger partial charge in [-0.05, 0) is 37.0 Å². The third kappa shape index (κ3) is 6.02. The second kappa shape index (κ2) is 10.1. The summed E-state index contributed by atoms with van der Waals surface area (Å²) in [6.07, 6.45) is -2.77. The second-order valence-electron chi connectivity index (χ2n) is 9.34. The van der Waals surface area contributed by atoms with E-state index in [1.54, 1.807) is 9.80 Å². The zero-order valence-electron chi connectivity index (χ0n) is 19.4. The van der Waals surface area contributed by atoms with Crippen LogP contribution in [0.3, 0.4) is 0 Å². The molecule has 1 aromatic carbocycles. The Kier molecular flexibility index (Phi) is 7.34. The van der Waals surface area contributed by atoms with E-state index in [0.29, 0.717) is 12.1 Å². The van der Waals surface area contributed by atoms with Gasteiger partial charge in [-0.1, -0.05) is 12.1 Å². The van der Waals surface area contributed by atoms with Crippen LogP contribution in [-0.4, -0.2) is 74.9 Å². The van der Waals surface area contributed by atoms with Gasteiger partial charge < -0.3 is 26.2 Å². The quantitative estimate of drug-likeness (QED) is 0.373. The number of nitrogens with zero attached hydrogens (tertiary/aromatic N) is 4. The molecule has 0 unspecified atom stereocenters. The van der Waals surface area contributed by atoms with Crippen LogP contribution in [0.25, 0.3) is 0 Å². The molecule has 2 heterocycles. The molecule has 2 fully saturated rings. The van der Waals surface area contributed by atoms with E-state index in [4.69, 9.17) is 5.73 Å². The highest BCUT2D eigenvalue weighted by molar-refractivity contribution is 5.75. The van der Waals surface area contributed by atoms with Crippen molar-refractivity contribution in [2.45, 2.75) is 49.7 Å². The molecule has 0 spiro atoms. The van der Waals surface area contributed by atoms with Gasteiger partial charge in [0, 0.05) is 32.2 Å². The number of aliphatic hydroxyl groups excluding tert-OH is 1. The summed E-state index contributed by atoms with van der Waals surface area (Å²) in [5.41, 5.74) is 3.41. The van der Waals surface area contributed by atoms with Gasteiger partial charge in [0.15, 0.2) is 11.6 Å². The van der Waals surface area contributed by atoms with E-state index in [2.05, 4.69) is 15.3 Å². The van der Waals surface area contributed by atoms with Crippen molar-refractivity contribution in [2.75, 3.05) is 36.4 Å². The average Bonchev–Trinajstić information content (AvgIpc) is 3.65. The number of carbonyl (C=O) groups excluding carboxylic acids is 1. The maximum atomic E-state index is 15.4. The number of benzene rings is 1. The molecule has 2 aliphatic rings. The topological polar surface area (TPSA) is 128 Å². The van der Waals surface area contributed by atoms with Gasteiger partial charge in [0.25, 0.3) is 0 Å². The van der Waals surface area contributed by atoms with Gasteiger partial charge in [-0.2, -0.15) is 17.6 Å². The standard InChI is InChI=1S/C23H28F4N6O3/c24-19-20(29-12-22(36)7-8-32(10-17(22)34)11-18(28)35)30-13-31-21(19)33(16-5-6-16)9-14-1-3-15(4-2-14)23(25,26)27/h1-4,13,16-17,34,36H,5-12H2,(H2,28,35)(H,29,30,31)/t17-,22+/m1/s1. The number of amides is 1. The summed E-state index contributed by atoms with van der Waals surface area (Å²) >= 11 is 0. The number of alkyl halides is 3. The Bertz CT molecular complexity index is 1080. The molecular weight excluding hydrogens is 484 g/mol. The van der Waals surface area contributed by atoms with Crippen LogP contribution in [0.4, 0.5) is 29.2 Å². The lowest BCUT2D eigenvalue weighted by atomic mass is 9.88. The van der Waals surface area contributed by atoms with Crippen LogP contribution >= 0.6 is 0 Å². The summed E-state index contributed by atoms with van der Waals surface area (Å²) in [5, 5.41) is 24.1. The number of halogens is 4. The van der Waals surface area contributed by atoms with E-state index in [1.807, 2.05) is 0 Å². The van der Waals surface area contributed by atoms with Crippen molar-refractivity contribution < 1.29 is 32.6 Å². The van der Waals surface area contributed by atoms with E-state index >= 15 is 4.39 Å². The Morgan fingerprint density at radius 2 is 1.94 bits per heavy atom. The van der Waals surface area contributed by atoms with Gasteiger partial charge in [-0.3, -0.25) is 9.69 Å². The molecule has 2 atom stereocenters. The molecule has 1 aliphatic heterocycles. The number of nitrogens with two attached hydrogens (primary N) is 1. The molecule has 0 radical (unpaired) electrons. The lowest BCUT2D eigenvalue weighted by Gasteiger charge is -2.41. The van der Waals surface area contributed by atoms with Crippen molar-refractivity contribution in [2.24, 2.45) is 5.73 Å². The van der Waals surface area contributed by atoms with Crippen molar-refractivity contribution in [1.29, 1.82) is 0 Å². The van der Waals surface area contributed by atoms with Crippen molar-refractivity contribution in [3.8, 4) is 0 Å². The minimum atomic E-state index is -4.44. The average molecular weight is 513 g/mol. The fraction of sp³-hybridized carbons (Fsp3) is 0.522. The number of aliphatic hydroxyl groups is 2. The summed E-state index contributed by atoms with van der Waals surface area (Å²) in [4.78, 5) is 22.4. The third-order valence-electron chi connectivity index (χ3n) is 6.52. The lowest BCUT2D eigenvalue weighted by Crippen LogP contribution is -2.59. The number of rotatable bonds is 9. The van der Waals surface area contributed by atoms with Crippen molar-refractivity contribution >= 4 is 17.5 Å². The molecule has 1 amide bonds. The Morgan fingerprint density at radius 3 is 2.53 bits per heavy atom. The number of carbonyl (C=O) groups is 1. The number of nitrogens with one attached hydrogen (secondary N) is 1. The minimum Gasteiger partial charge on any atom is -0.389 e. The zero-order chi connectivity index (χ0) is 26.1. The number of β-amino-alcohol motifs (C(OH)–C–C–N with tert-alkyl or cyclic N) is 1. The first-order valence-corrected chi connectivity index (χ1v) is 11.5. The van der Waals surface area contributed by atoms with Crippen molar-refractivity contribution in [3.05, 3.63) is 47.5 Å². The van der Waals surface area contributed by atoms with Gasteiger partial charge in [-0.25, -0.2) is 9.97 Å². The molecule has 1 saturated heterocycles. The monoisotopic (exact) mass is 512 g/mol. The highest BCUT2D eigenvalue weighted by Crippen LogP contribution is 2.35. The SMILES string of the molecule is NC(=O)CN1CC[C@](O)(CNc2ncnc(N(Cc3ccc(C(F)(F)F)cc3)C3CC3)c2F)[C@H](O)C1. The molecule has 2 aromatic rings. The maximum absolute atomic E-state index is 15.4. The van der Waals surface area contributed by atoms with Gasteiger partial charge in [0.1, 0.15) is 11.9 Å². The molecule has 4 rings (SSSR count). The number of hydrogen-bond donors (Lipinski definition) is 4. The predicted octanol–water partition coefficient (Wildman–Crippen LogP) is 1.50. The second-order valence-corrected chi connectivity index (χ2v) is 9.34. The first kappa shape index (κ1) is 26.0. The van der Waals surface area contributed by atoms with Crippen LogP contribution < -0.4 is 16.0 Å². The normalized spacial score (nSPS) is 22.9. The minimum absolute atomic E-state index is 0.00119. The van der Waals surface area contributed by atoms with Crippen LogP contribution in [0.2, 0.25) is 0 Å². The molecule has 1 saturated carbocycles.